The van der Waals surface area contributed by atoms with Crippen LogP contribution in [0, 0.1) is 0 Å². The van der Waals surface area contributed by atoms with Gasteiger partial charge in [0, 0.05) is 5.69 Å². The van der Waals surface area contributed by atoms with Gasteiger partial charge in [-0.25, -0.2) is 0 Å². The summed E-state index contributed by atoms with van der Waals surface area (Å²) >= 11 is 0. The van der Waals surface area contributed by atoms with Crippen molar-refractivity contribution in [3.63, 3.8) is 0 Å². The summed E-state index contributed by atoms with van der Waals surface area (Å²) in [7, 11) is 0. The van der Waals surface area contributed by atoms with E-state index in [9.17, 15) is 4.79 Å². The molecule has 3 N–H and O–H groups in total. The van der Waals surface area contributed by atoms with E-state index in [1.165, 1.54) is 36.8 Å². The minimum atomic E-state index is -0.382. The summed E-state index contributed by atoms with van der Waals surface area (Å²) in [6, 6.07) is 6.11. The van der Waals surface area contributed by atoms with E-state index in [0.717, 1.165) is 37.8 Å². The van der Waals surface area contributed by atoms with Crippen molar-refractivity contribution >= 4 is 24.0 Å². The molecule has 25 heavy (non-hydrogen) atoms. The van der Waals surface area contributed by atoms with Gasteiger partial charge >= 0.3 is 0 Å². The molecule has 1 fully saturated rings. The number of ether oxygens (including phenoxy) is 1. The van der Waals surface area contributed by atoms with Crippen LogP contribution in [0.3, 0.4) is 0 Å². The van der Waals surface area contributed by atoms with Crippen LogP contribution in [0.5, 0.6) is 0 Å². The fraction of sp³-hybridized carbons (Fsp3) is 0.650. The topological polar surface area (TPSA) is 64.3 Å². The summed E-state index contributed by atoms with van der Waals surface area (Å²) in [5.41, 5.74) is 9.16. The molecule has 0 aromatic heterocycles. The molecule has 0 aliphatic heterocycles. The molecule has 2 atom stereocenters. The predicted molar refractivity (Wildman–Crippen MR) is 104 cm³/mol. The number of halogens is 1. The SMILES string of the molecule is CC(OC1CCCCCC1)C(=O)NC1CCCc2cc(N)ccc21.Cl. The van der Waals surface area contributed by atoms with Gasteiger partial charge in [0.05, 0.1) is 12.1 Å². The summed E-state index contributed by atoms with van der Waals surface area (Å²) in [6.45, 7) is 1.88. The normalized spacial score (nSPS) is 22.2. The maximum atomic E-state index is 12.6. The number of nitrogens with one attached hydrogen (secondary N) is 1. The fourth-order valence-electron chi connectivity index (χ4n) is 4.00. The lowest BCUT2D eigenvalue weighted by molar-refractivity contribution is -0.136. The summed E-state index contributed by atoms with van der Waals surface area (Å²) in [6.07, 6.45) is 10.2. The number of anilines is 1. The van der Waals surface area contributed by atoms with Crippen molar-refractivity contribution in [1.29, 1.82) is 0 Å². The van der Waals surface area contributed by atoms with Crippen molar-refractivity contribution < 1.29 is 9.53 Å². The van der Waals surface area contributed by atoms with Crippen LogP contribution in [-0.4, -0.2) is 18.1 Å². The summed E-state index contributed by atoms with van der Waals surface area (Å²) < 4.78 is 6.05. The molecule has 0 radical (unpaired) electrons. The smallest absolute Gasteiger partial charge is 0.249 e. The number of rotatable bonds is 4. The average Bonchev–Trinajstić information content (AvgIpc) is 2.83. The van der Waals surface area contributed by atoms with Gasteiger partial charge in [0.15, 0.2) is 0 Å². The second kappa shape index (κ2) is 9.44. The minimum absolute atomic E-state index is 0. The summed E-state index contributed by atoms with van der Waals surface area (Å²) in [4.78, 5) is 12.6. The monoisotopic (exact) mass is 366 g/mol. The molecule has 4 nitrogen and oxygen atoms in total. The lowest BCUT2D eigenvalue weighted by atomic mass is 9.87. The molecule has 140 valence electrons. The standard InChI is InChI=1S/C20H30N2O2.ClH/c1-14(24-17-8-4-2-3-5-9-17)20(23)22-19-10-6-7-15-13-16(21)11-12-18(15)19;/h11-14,17,19H,2-10,21H2,1H3,(H,22,23);1H. The zero-order valence-corrected chi connectivity index (χ0v) is 15.9. The highest BCUT2D eigenvalue weighted by atomic mass is 35.5. The third kappa shape index (κ3) is 5.35. The van der Waals surface area contributed by atoms with E-state index < -0.39 is 0 Å². The number of fused-ring (bicyclic) bond motifs is 1. The fourth-order valence-corrected chi connectivity index (χ4v) is 4.00. The molecule has 1 saturated carbocycles. The molecule has 5 heteroatoms. The van der Waals surface area contributed by atoms with Gasteiger partial charge in [-0.15, -0.1) is 12.4 Å². The number of carbonyl (C=O) groups excluding carboxylic acids is 1. The molecular formula is C20H31ClN2O2. The lowest BCUT2D eigenvalue weighted by Crippen LogP contribution is -2.39. The van der Waals surface area contributed by atoms with E-state index >= 15 is 0 Å². The number of benzene rings is 1. The second-order valence-corrected chi connectivity index (χ2v) is 7.30. The first-order chi connectivity index (χ1) is 11.6. The van der Waals surface area contributed by atoms with Crippen LogP contribution in [0.2, 0.25) is 0 Å². The second-order valence-electron chi connectivity index (χ2n) is 7.30. The Morgan fingerprint density at radius 1 is 1.16 bits per heavy atom. The first-order valence-corrected chi connectivity index (χ1v) is 9.47. The van der Waals surface area contributed by atoms with Gasteiger partial charge in [0.25, 0.3) is 0 Å². The van der Waals surface area contributed by atoms with Crippen molar-refractivity contribution in [2.45, 2.75) is 83.0 Å². The summed E-state index contributed by atoms with van der Waals surface area (Å²) in [5, 5.41) is 3.19. The quantitative estimate of drug-likeness (QED) is 0.616. The van der Waals surface area contributed by atoms with E-state index in [2.05, 4.69) is 11.4 Å². The van der Waals surface area contributed by atoms with Crippen LogP contribution in [0.25, 0.3) is 0 Å². The number of nitrogens with two attached hydrogens (primary N) is 1. The molecule has 0 spiro atoms. The maximum absolute atomic E-state index is 12.6. The van der Waals surface area contributed by atoms with Crippen molar-refractivity contribution in [2.75, 3.05) is 5.73 Å². The lowest BCUT2D eigenvalue weighted by Gasteiger charge is -2.28. The van der Waals surface area contributed by atoms with E-state index in [-0.39, 0.29) is 36.6 Å². The van der Waals surface area contributed by atoms with Gasteiger partial charge in [-0.2, -0.15) is 0 Å². The largest absolute Gasteiger partial charge is 0.399 e. The molecule has 2 aliphatic rings. The summed E-state index contributed by atoms with van der Waals surface area (Å²) in [5.74, 6) is 0.00826. The predicted octanol–water partition coefficient (Wildman–Crippen LogP) is 4.31. The van der Waals surface area contributed by atoms with Crippen molar-refractivity contribution in [3.05, 3.63) is 29.3 Å². The first kappa shape index (κ1) is 20.1. The highest BCUT2D eigenvalue weighted by Crippen LogP contribution is 2.31. The van der Waals surface area contributed by atoms with Crippen LogP contribution in [0.1, 0.15) is 75.5 Å². The molecule has 2 unspecified atom stereocenters. The number of hydrogen-bond acceptors (Lipinski definition) is 3. The van der Waals surface area contributed by atoms with E-state index in [1.54, 1.807) is 0 Å². The molecule has 1 amide bonds. The van der Waals surface area contributed by atoms with E-state index in [1.807, 2.05) is 19.1 Å². The van der Waals surface area contributed by atoms with Crippen LogP contribution in [0.4, 0.5) is 5.69 Å². The van der Waals surface area contributed by atoms with Gasteiger partial charge in [-0.05, 0) is 62.3 Å². The Morgan fingerprint density at radius 3 is 2.60 bits per heavy atom. The molecule has 3 rings (SSSR count). The van der Waals surface area contributed by atoms with Crippen LogP contribution < -0.4 is 11.1 Å². The molecule has 1 aromatic rings. The Labute approximate surface area is 157 Å². The molecule has 1 aromatic carbocycles. The Kier molecular flexibility index (Phi) is 7.57. The Morgan fingerprint density at radius 2 is 1.88 bits per heavy atom. The third-order valence-electron chi connectivity index (χ3n) is 5.37. The number of hydrogen-bond donors (Lipinski definition) is 2. The molecule has 2 aliphatic carbocycles. The third-order valence-corrected chi connectivity index (χ3v) is 5.37. The number of nitrogen functional groups attached to an aromatic ring is 1. The van der Waals surface area contributed by atoms with Crippen molar-refractivity contribution in [1.82, 2.24) is 5.32 Å². The average molecular weight is 367 g/mol. The maximum Gasteiger partial charge on any atom is 0.249 e. The van der Waals surface area contributed by atoms with E-state index in [4.69, 9.17) is 10.5 Å². The number of carbonyl (C=O) groups is 1. The number of aryl methyl sites for hydroxylation is 1. The highest BCUT2D eigenvalue weighted by Gasteiger charge is 2.26. The van der Waals surface area contributed by atoms with Crippen molar-refractivity contribution in [3.8, 4) is 0 Å². The van der Waals surface area contributed by atoms with Gasteiger partial charge in [0.1, 0.15) is 6.10 Å². The molecule has 0 bridgehead atoms. The Balaban J connectivity index is 0.00000225. The Bertz CT molecular complexity index is 571. The van der Waals surface area contributed by atoms with E-state index in [0.29, 0.717) is 0 Å². The van der Waals surface area contributed by atoms with Crippen LogP contribution in [-0.2, 0) is 16.0 Å². The van der Waals surface area contributed by atoms with Gasteiger partial charge in [0.2, 0.25) is 5.91 Å². The minimum Gasteiger partial charge on any atom is -0.399 e. The van der Waals surface area contributed by atoms with Crippen LogP contribution >= 0.6 is 12.4 Å². The molecule has 0 saturated heterocycles. The van der Waals surface area contributed by atoms with Crippen molar-refractivity contribution in [2.24, 2.45) is 0 Å². The van der Waals surface area contributed by atoms with Gasteiger partial charge < -0.3 is 15.8 Å². The first-order valence-electron chi connectivity index (χ1n) is 9.47. The molecule has 0 heterocycles. The zero-order chi connectivity index (χ0) is 16.9. The zero-order valence-electron chi connectivity index (χ0n) is 15.1. The Hall–Kier alpha value is -1.26. The van der Waals surface area contributed by atoms with Gasteiger partial charge in [-0.1, -0.05) is 31.7 Å². The highest BCUT2D eigenvalue weighted by molar-refractivity contribution is 5.85. The van der Waals surface area contributed by atoms with Crippen LogP contribution in [0.15, 0.2) is 18.2 Å². The number of amides is 1. The molecular weight excluding hydrogens is 336 g/mol. The van der Waals surface area contributed by atoms with Gasteiger partial charge in [-0.3, -0.25) is 4.79 Å².